The minimum Gasteiger partial charge on any atom is -0.492 e. The Morgan fingerprint density at radius 1 is 1.04 bits per heavy atom. The Labute approximate surface area is 162 Å². The van der Waals surface area contributed by atoms with Crippen molar-refractivity contribution in [2.45, 2.75) is 46.0 Å². The summed E-state index contributed by atoms with van der Waals surface area (Å²) >= 11 is 0. The fourth-order valence-corrected chi connectivity index (χ4v) is 3.89. The maximum Gasteiger partial charge on any atom is 0.257 e. The van der Waals surface area contributed by atoms with Crippen LogP contribution in [-0.4, -0.2) is 54.4 Å². The minimum absolute atomic E-state index is 0.0807. The first kappa shape index (κ1) is 19.7. The molecule has 0 radical (unpaired) electrons. The van der Waals surface area contributed by atoms with Crippen LogP contribution in [0.1, 0.15) is 56.3 Å². The molecule has 1 aromatic rings. The molecule has 0 aromatic heterocycles. The quantitative estimate of drug-likeness (QED) is 0.767. The van der Waals surface area contributed by atoms with Gasteiger partial charge in [0.25, 0.3) is 5.91 Å². The second-order valence-electron chi connectivity index (χ2n) is 8.23. The second kappa shape index (κ2) is 9.25. The van der Waals surface area contributed by atoms with Crippen LogP contribution in [0.2, 0.25) is 0 Å². The number of carbonyl (C=O) groups excluding carboxylic acids is 2. The van der Waals surface area contributed by atoms with E-state index in [9.17, 15) is 9.59 Å². The van der Waals surface area contributed by atoms with Crippen molar-refractivity contribution in [2.75, 3.05) is 32.8 Å². The Hall–Kier alpha value is -2.04. The van der Waals surface area contributed by atoms with Crippen molar-refractivity contribution in [2.24, 2.45) is 11.8 Å². The monoisotopic (exact) mass is 372 g/mol. The lowest BCUT2D eigenvalue weighted by atomic mass is 9.97. The Bertz CT molecular complexity index is 645. The lowest BCUT2D eigenvalue weighted by molar-refractivity contribution is -0.133. The van der Waals surface area contributed by atoms with Gasteiger partial charge in [-0.25, -0.2) is 0 Å². The van der Waals surface area contributed by atoms with E-state index in [1.807, 2.05) is 34.1 Å². The number of ether oxygens (including phenoxy) is 1. The summed E-state index contributed by atoms with van der Waals surface area (Å²) in [6.07, 6.45) is 4.73. The largest absolute Gasteiger partial charge is 0.492 e. The molecule has 5 nitrogen and oxygen atoms in total. The summed E-state index contributed by atoms with van der Waals surface area (Å²) in [6.45, 7) is 8.09. The van der Waals surface area contributed by atoms with E-state index in [1.165, 1.54) is 0 Å². The number of para-hydroxylation sites is 1. The van der Waals surface area contributed by atoms with E-state index in [4.69, 9.17) is 4.74 Å². The van der Waals surface area contributed by atoms with E-state index in [0.29, 0.717) is 36.2 Å². The standard InChI is InChI=1S/C22H32N2O3/c1-17(2)15-21(25)23-13-9-18(10-14-23)16-27-20-8-4-3-7-19(20)22(26)24-11-5-6-12-24/h3-4,7-8,17-18H,5-6,9-16H2,1-2H3. The summed E-state index contributed by atoms with van der Waals surface area (Å²) in [5.41, 5.74) is 0.670. The molecule has 0 atom stereocenters. The molecular weight excluding hydrogens is 340 g/mol. The van der Waals surface area contributed by atoms with E-state index in [1.54, 1.807) is 0 Å². The predicted octanol–water partition coefficient (Wildman–Crippen LogP) is 3.59. The van der Waals surface area contributed by atoms with Gasteiger partial charge in [0.1, 0.15) is 5.75 Å². The van der Waals surface area contributed by atoms with Crippen LogP contribution < -0.4 is 4.74 Å². The molecule has 1 aromatic carbocycles. The zero-order valence-electron chi connectivity index (χ0n) is 16.7. The zero-order chi connectivity index (χ0) is 19.2. The molecule has 0 unspecified atom stereocenters. The van der Waals surface area contributed by atoms with Crippen LogP contribution in [0.5, 0.6) is 5.75 Å². The van der Waals surface area contributed by atoms with Crippen molar-refractivity contribution in [1.29, 1.82) is 0 Å². The minimum atomic E-state index is 0.0807. The highest BCUT2D eigenvalue weighted by Crippen LogP contribution is 2.25. The molecule has 2 saturated heterocycles. The Morgan fingerprint density at radius 2 is 1.70 bits per heavy atom. The van der Waals surface area contributed by atoms with Crippen molar-refractivity contribution >= 4 is 11.8 Å². The lowest BCUT2D eigenvalue weighted by Crippen LogP contribution is -2.40. The Kier molecular flexibility index (Phi) is 6.75. The third-order valence-corrected chi connectivity index (χ3v) is 5.54. The fourth-order valence-electron chi connectivity index (χ4n) is 3.89. The summed E-state index contributed by atoms with van der Waals surface area (Å²) in [4.78, 5) is 28.8. The van der Waals surface area contributed by atoms with Gasteiger partial charge in [0, 0.05) is 32.6 Å². The Balaban J connectivity index is 1.51. The molecule has 2 fully saturated rings. The molecule has 3 rings (SSSR count). The molecular formula is C22H32N2O3. The molecule has 2 amide bonds. The number of likely N-dealkylation sites (tertiary alicyclic amines) is 2. The maximum absolute atomic E-state index is 12.7. The van der Waals surface area contributed by atoms with Gasteiger partial charge in [-0.2, -0.15) is 0 Å². The molecule has 2 aliphatic heterocycles. The number of rotatable bonds is 6. The lowest BCUT2D eigenvalue weighted by Gasteiger charge is -2.32. The molecule has 27 heavy (non-hydrogen) atoms. The molecule has 0 aliphatic carbocycles. The summed E-state index contributed by atoms with van der Waals surface area (Å²) in [6, 6.07) is 7.58. The van der Waals surface area contributed by atoms with Gasteiger partial charge >= 0.3 is 0 Å². The van der Waals surface area contributed by atoms with E-state index >= 15 is 0 Å². The number of nitrogens with zero attached hydrogens (tertiary/aromatic N) is 2. The van der Waals surface area contributed by atoms with E-state index < -0.39 is 0 Å². The SMILES string of the molecule is CC(C)CC(=O)N1CCC(COc2ccccc2C(=O)N2CCCC2)CC1. The zero-order valence-corrected chi connectivity index (χ0v) is 16.7. The maximum atomic E-state index is 12.7. The summed E-state index contributed by atoms with van der Waals surface area (Å²) in [5, 5.41) is 0. The molecule has 2 aliphatic rings. The van der Waals surface area contributed by atoms with E-state index in [0.717, 1.165) is 51.9 Å². The van der Waals surface area contributed by atoms with Crippen molar-refractivity contribution in [1.82, 2.24) is 9.80 Å². The molecule has 5 heteroatoms. The van der Waals surface area contributed by atoms with Gasteiger partial charge in [0.2, 0.25) is 5.91 Å². The molecule has 148 valence electrons. The average molecular weight is 373 g/mol. The van der Waals surface area contributed by atoms with E-state index in [-0.39, 0.29) is 11.8 Å². The highest BCUT2D eigenvalue weighted by atomic mass is 16.5. The van der Waals surface area contributed by atoms with Gasteiger partial charge in [0.15, 0.2) is 0 Å². The molecule has 2 heterocycles. The van der Waals surface area contributed by atoms with Crippen LogP contribution in [0.4, 0.5) is 0 Å². The van der Waals surface area contributed by atoms with Gasteiger partial charge in [-0.15, -0.1) is 0 Å². The van der Waals surface area contributed by atoms with Gasteiger partial charge in [-0.05, 0) is 49.7 Å². The van der Waals surface area contributed by atoms with Crippen LogP contribution in [-0.2, 0) is 4.79 Å². The molecule has 0 spiro atoms. The number of hydrogen-bond acceptors (Lipinski definition) is 3. The summed E-state index contributed by atoms with van der Waals surface area (Å²) in [5.74, 6) is 1.88. The van der Waals surface area contributed by atoms with Crippen molar-refractivity contribution in [3.8, 4) is 5.75 Å². The second-order valence-corrected chi connectivity index (χ2v) is 8.23. The summed E-state index contributed by atoms with van der Waals surface area (Å²) in [7, 11) is 0. The third kappa shape index (κ3) is 5.24. The van der Waals surface area contributed by atoms with Gasteiger partial charge in [-0.1, -0.05) is 26.0 Å². The fraction of sp³-hybridized carbons (Fsp3) is 0.636. The van der Waals surface area contributed by atoms with Gasteiger partial charge in [0.05, 0.1) is 12.2 Å². The molecule has 0 bridgehead atoms. The smallest absolute Gasteiger partial charge is 0.257 e. The highest BCUT2D eigenvalue weighted by Gasteiger charge is 2.25. The predicted molar refractivity (Wildman–Crippen MR) is 106 cm³/mol. The van der Waals surface area contributed by atoms with Crippen molar-refractivity contribution < 1.29 is 14.3 Å². The molecule has 0 N–H and O–H groups in total. The third-order valence-electron chi connectivity index (χ3n) is 5.54. The van der Waals surface area contributed by atoms with Crippen LogP contribution in [0.3, 0.4) is 0 Å². The first-order valence-electron chi connectivity index (χ1n) is 10.3. The van der Waals surface area contributed by atoms with E-state index in [2.05, 4.69) is 13.8 Å². The highest BCUT2D eigenvalue weighted by molar-refractivity contribution is 5.97. The number of piperidine rings is 1. The number of carbonyl (C=O) groups is 2. The van der Waals surface area contributed by atoms with Gasteiger partial charge in [-0.3, -0.25) is 9.59 Å². The van der Waals surface area contributed by atoms with Crippen molar-refractivity contribution in [3.05, 3.63) is 29.8 Å². The number of hydrogen-bond donors (Lipinski definition) is 0. The average Bonchev–Trinajstić information content (AvgIpc) is 3.21. The van der Waals surface area contributed by atoms with Crippen LogP contribution in [0, 0.1) is 11.8 Å². The number of amides is 2. The van der Waals surface area contributed by atoms with Gasteiger partial charge < -0.3 is 14.5 Å². The normalized spacial score (nSPS) is 18.2. The Morgan fingerprint density at radius 3 is 2.37 bits per heavy atom. The van der Waals surface area contributed by atoms with Crippen LogP contribution in [0.25, 0.3) is 0 Å². The number of benzene rings is 1. The van der Waals surface area contributed by atoms with Crippen molar-refractivity contribution in [3.63, 3.8) is 0 Å². The first-order valence-corrected chi connectivity index (χ1v) is 10.3. The topological polar surface area (TPSA) is 49.9 Å². The molecule has 0 saturated carbocycles. The van der Waals surface area contributed by atoms with Crippen LogP contribution in [0.15, 0.2) is 24.3 Å². The summed E-state index contributed by atoms with van der Waals surface area (Å²) < 4.78 is 6.07. The first-order chi connectivity index (χ1) is 13.0. The van der Waals surface area contributed by atoms with Crippen LogP contribution >= 0.6 is 0 Å².